The Morgan fingerprint density at radius 3 is 2.52 bits per heavy atom. The Labute approximate surface area is 151 Å². The number of methoxy groups -OCH3 is 1. The second-order valence-electron chi connectivity index (χ2n) is 6.01. The van der Waals surface area contributed by atoms with Gasteiger partial charge in [0.05, 0.1) is 18.4 Å². The Balaban J connectivity index is 1.87. The van der Waals surface area contributed by atoms with Crippen molar-refractivity contribution in [2.24, 2.45) is 0 Å². The first kappa shape index (κ1) is 17.2. The molecule has 0 radical (unpaired) electrons. The van der Waals surface area contributed by atoms with Crippen LogP contribution in [0.1, 0.15) is 27.0 Å². The van der Waals surface area contributed by atoms with Crippen LogP contribution in [0.25, 0.3) is 11.3 Å². The van der Waals surface area contributed by atoms with E-state index in [1.165, 1.54) is 29.4 Å². The molecule has 0 saturated carbocycles. The number of hydrogen-bond acceptors (Lipinski definition) is 5. The minimum atomic E-state index is -0.352. The predicted octanol–water partition coefficient (Wildman–Crippen LogP) is 5.27. The van der Waals surface area contributed by atoms with Crippen LogP contribution in [0.4, 0.5) is 10.8 Å². The summed E-state index contributed by atoms with van der Waals surface area (Å²) in [6.45, 7) is 6.33. The molecule has 0 aliphatic heterocycles. The van der Waals surface area contributed by atoms with E-state index in [1.54, 1.807) is 23.5 Å². The van der Waals surface area contributed by atoms with Crippen molar-refractivity contribution in [3.05, 3.63) is 64.0 Å². The maximum absolute atomic E-state index is 11.6. The molecule has 0 bridgehead atoms. The van der Waals surface area contributed by atoms with Crippen LogP contribution < -0.4 is 5.32 Å². The number of nitrogens with one attached hydrogen (secondary N) is 1. The van der Waals surface area contributed by atoms with Crippen molar-refractivity contribution in [3.8, 4) is 11.3 Å². The predicted molar refractivity (Wildman–Crippen MR) is 103 cm³/mol. The summed E-state index contributed by atoms with van der Waals surface area (Å²) in [5.41, 5.74) is 7.16. The van der Waals surface area contributed by atoms with Gasteiger partial charge in [-0.05, 0) is 50.1 Å². The SMILES string of the molecule is COC(=O)c1cccc(Nc2nc(-c3c(C)cc(C)cc3C)cs2)c1. The molecule has 0 spiro atoms. The molecule has 1 heterocycles. The highest BCUT2D eigenvalue weighted by Crippen LogP contribution is 2.32. The minimum absolute atomic E-state index is 0.352. The lowest BCUT2D eigenvalue weighted by Gasteiger charge is -2.09. The zero-order valence-corrected chi connectivity index (χ0v) is 15.5. The number of nitrogens with zero attached hydrogens (tertiary/aromatic N) is 1. The number of hydrogen-bond donors (Lipinski definition) is 1. The molecule has 3 aromatic rings. The minimum Gasteiger partial charge on any atom is -0.465 e. The highest BCUT2D eigenvalue weighted by atomic mass is 32.1. The van der Waals surface area contributed by atoms with E-state index in [4.69, 9.17) is 9.72 Å². The van der Waals surface area contributed by atoms with E-state index in [1.807, 2.05) is 12.1 Å². The van der Waals surface area contributed by atoms with Gasteiger partial charge in [0.25, 0.3) is 0 Å². The van der Waals surface area contributed by atoms with Gasteiger partial charge in [-0.1, -0.05) is 23.8 Å². The van der Waals surface area contributed by atoms with Gasteiger partial charge in [0.15, 0.2) is 5.13 Å². The Bertz CT molecular complexity index is 908. The molecule has 4 nitrogen and oxygen atoms in total. The smallest absolute Gasteiger partial charge is 0.337 e. The van der Waals surface area contributed by atoms with Crippen LogP contribution in [0.3, 0.4) is 0 Å². The maximum atomic E-state index is 11.6. The van der Waals surface area contributed by atoms with Crippen LogP contribution in [0.5, 0.6) is 0 Å². The molecule has 0 unspecified atom stereocenters. The molecule has 128 valence electrons. The fourth-order valence-electron chi connectivity index (χ4n) is 3.00. The molecule has 0 aliphatic carbocycles. The van der Waals surface area contributed by atoms with Crippen LogP contribution >= 0.6 is 11.3 Å². The zero-order chi connectivity index (χ0) is 18.0. The average Bonchev–Trinajstić information content (AvgIpc) is 3.01. The molecule has 25 heavy (non-hydrogen) atoms. The van der Waals surface area contributed by atoms with Crippen LogP contribution in [0, 0.1) is 20.8 Å². The van der Waals surface area contributed by atoms with Gasteiger partial charge in [-0.25, -0.2) is 9.78 Å². The summed E-state index contributed by atoms with van der Waals surface area (Å²) < 4.78 is 4.76. The molecule has 1 aromatic heterocycles. The molecule has 2 aromatic carbocycles. The third-order valence-electron chi connectivity index (χ3n) is 3.97. The molecule has 3 rings (SSSR count). The molecule has 0 atom stereocenters. The molecule has 5 heteroatoms. The Hall–Kier alpha value is -2.66. The van der Waals surface area contributed by atoms with E-state index in [2.05, 4.69) is 43.6 Å². The summed E-state index contributed by atoms with van der Waals surface area (Å²) in [5, 5.41) is 6.10. The van der Waals surface area contributed by atoms with Gasteiger partial charge >= 0.3 is 5.97 Å². The van der Waals surface area contributed by atoms with Crippen LogP contribution in [0.15, 0.2) is 41.8 Å². The zero-order valence-electron chi connectivity index (χ0n) is 14.7. The second kappa shape index (κ2) is 7.07. The lowest BCUT2D eigenvalue weighted by atomic mass is 9.98. The van der Waals surface area contributed by atoms with E-state index in [-0.39, 0.29) is 5.97 Å². The van der Waals surface area contributed by atoms with Gasteiger partial charge in [-0.2, -0.15) is 0 Å². The summed E-state index contributed by atoms with van der Waals surface area (Å²) in [6.07, 6.45) is 0. The van der Waals surface area contributed by atoms with Crippen molar-refractivity contribution in [1.82, 2.24) is 4.98 Å². The van der Waals surface area contributed by atoms with Gasteiger partial charge < -0.3 is 10.1 Å². The van der Waals surface area contributed by atoms with Gasteiger partial charge in [0.2, 0.25) is 0 Å². The highest BCUT2D eigenvalue weighted by molar-refractivity contribution is 7.14. The quantitative estimate of drug-likeness (QED) is 0.650. The fraction of sp³-hybridized carbons (Fsp3) is 0.200. The first-order chi connectivity index (χ1) is 12.0. The van der Waals surface area contributed by atoms with Crippen LogP contribution in [-0.4, -0.2) is 18.1 Å². The van der Waals surface area contributed by atoms with Gasteiger partial charge in [0, 0.05) is 16.6 Å². The molecule has 0 fully saturated rings. The lowest BCUT2D eigenvalue weighted by molar-refractivity contribution is 0.0601. The summed E-state index contributed by atoms with van der Waals surface area (Å²) >= 11 is 1.54. The number of anilines is 2. The summed E-state index contributed by atoms with van der Waals surface area (Å²) in [4.78, 5) is 16.4. The van der Waals surface area contributed by atoms with Gasteiger partial charge in [-0.15, -0.1) is 11.3 Å². The Morgan fingerprint density at radius 2 is 1.84 bits per heavy atom. The van der Waals surface area contributed by atoms with E-state index in [0.717, 1.165) is 16.5 Å². The lowest BCUT2D eigenvalue weighted by Crippen LogP contribution is -2.01. The van der Waals surface area contributed by atoms with Crippen LogP contribution in [0.2, 0.25) is 0 Å². The van der Waals surface area contributed by atoms with Crippen molar-refractivity contribution in [1.29, 1.82) is 0 Å². The highest BCUT2D eigenvalue weighted by Gasteiger charge is 2.12. The van der Waals surface area contributed by atoms with Crippen molar-refractivity contribution in [2.75, 3.05) is 12.4 Å². The normalized spacial score (nSPS) is 10.6. The van der Waals surface area contributed by atoms with Gasteiger partial charge in [-0.3, -0.25) is 0 Å². The number of benzene rings is 2. The number of rotatable bonds is 4. The number of ether oxygens (including phenoxy) is 1. The molecular formula is C20H20N2O2S. The van der Waals surface area contributed by atoms with Crippen molar-refractivity contribution < 1.29 is 9.53 Å². The van der Waals surface area contributed by atoms with Gasteiger partial charge in [0.1, 0.15) is 0 Å². The summed E-state index contributed by atoms with van der Waals surface area (Å²) in [7, 11) is 1.38. The van der Waals surface area contributed by atoms with E-state index in [0.29, 0.717) is 5.56 Å². The molecule has 0 aliphatic rings. The van der Waals surface area contributed by atoms with Crippen molar-refractivity contribution >= 4 is 28.1 Å². The van der Waals surface area contributed by atoms with E-state index >= 15 is 0 Å². The van der Waals surface area contributed by atoms with E-state index < -0.39 is 0 Å². The molecular weight excluding hydrogens is 332 g/mol. The summed E-state index contributed by atoms with van der Waals surface area (Å²) in [6, 6.07) is 11.6. The number of aryl methyl sites for hydroxylation is 3. The molecule has 1 N–H and O–H groups in total. The van der Waals surface area contributed by atoms with Crippen LogP contribution in [-0.2, 0) is 4.74 Å². The largest absolute Gasteiger partial charge is 0.465 e. The van der Waals surface area contributed by atoms with E-state index in [9.17, 15) is 4.79 Å². The Morgan fingerprint density at radius 1 is 1.12 bits per heavy atom. The number of carbonyl (C=O) groups is 1. The standard InChI is InChI=1S/C20H20N2O2S/c1-12-8-13(2)18(14(3)9-12)17-11-25-20(22-17)21-16-7-5-6-15(10-16)19(23)24-4/h5-11H,1-4H3,(H,21,22). The van der Waals surface area contributed by atoms with Crippen molar-refractivity contribution in [3.63, 3.8) is 0 Å². The Kier molecular flexibility index (Phi) is 4.86. The number of carbonyl (C=O) groups excluding carboxylic acids is 1. The number of aromatic nitrogens is 1. The summed E-state index contributed by atoms with van der Waals surface area (Å²) in [5.74, 6) is -0.352. The van der Waals surface area contributed by atoms with Crippen molar-refractivity contribution in [2.45, 2.75) is 20.8 Å². The first-order valence-corrected chi connectivity index (χ1v) is 8.85. The molecule has 0 amide bonds. The number of esters is 1. The molecule has 0 saturated heterocycles. The topological polar surface area (TPSA) is 51.2 Å². The maximum Gasteiger partial charge on any atom is 0.337 e. The average molecular weight is 352 g/mol. The third-order valence-corrected chi connectivity index (χ3v) is 4.73. The second-order valence-corrected chi connectivity index (χ2v) is 6.87. The fourth-order valence-corrected chi connectivity index (χ4v) is 3.72. The monoisotopic (exact) mass is 352 g/mol. The third kappa shape index (κ3) is 3.72. The first-order valence-electron chi connectivity index (χ1n) is 7.97. The number of thiazole rings is 1.